The van der Waals surface area contributed by atoms with Gasteiger partial charge in [0.05, 0.1) is 6.04 Å². The van der Waals surface area contributed by atoms with Crippen molar-refractivity contribution in [3.05, 3.63) is 0 Å². The summed E-state index contributed by atoms with van der Waals surface area (Å²) in [6.07, 6.45) is 4.66. The van der Waals surface area contributed by atoms with Crippen LogP contribution < -0.4 is 5.32 Å². The number of rotatable bonds is 4. The van der Waals surface area contributed by atoms with Gasteiger partial charge in [0.2, 0.25) is 5.91 Å². The van der Waals surface area contributed by atoms with E-state index in [-0.39, 0.29) is 17.9 Å². The molecule has 1 saturated carbocycles. The van der Waals surface area contributed by atoms with Crippen LogP contribution in [-0.2, 0) is 9.59 Å². The van der Waals surface area contributed by atoms with Crippen molar-refractivity contribution in [1.29, 1.82) is 0 Å². The monoisotopic (exact) mass is 238 g/mol. The molecule has 1 saturated heterocycles. The van der Waals surface area contributed by atoms with E-state index in [4.69, 9.17) is 0 Å². The van der Waals surface area contributed by atoms with E-state index in [0.717, 1.165) is 51.7 Å². The van der Waals surface area contributed by atoms with Crippen LogP contribution in [-0.4, -0.2) is 42.3 Å². The van der Waals surface area contributed by atoms with Crippen LogP contribution in [0.2, 0.25) is 0 Å². The Kier molecular flexibility index (Phi) is 4.15. The van der Waals surface area contributed by atoms with E-state index in [1.54, 1.807) is 0 Å². The van der Waals surface area contributed by atoms with Crippen LogP contribution in [0.5, 0.6) is 0 Å². The highest BCUT2D eigenvalue weighted by Gasteiger charge is 2.30. The summed E-state index contributed by atoms with van der Waals surface area (Å²) in [6.45, 7) is 4.60. The number of piperazine rings is 1. The molecule has 96 valence electrons. The maximum atomic E-state index is 11.7. The Bertz CT molecular complexity index is 304. The van der Waals surface area contributed by atoms with Gasteiger partial charge in [0.25, 0.3) is 0 Å². The molecule has 2 fully saturated rings. The van der Waals surface area contributed by atoms with Crippen LogP contribution in [0, 0.1) is 5.92 Å². The predicted octanol–water partition coefficient (Wildman–Crippen LogP) is 0.956. The number of hydrogen-bond donors (Lipinski definition) is 1. The van der Waals surface area contributed by atoms with Crippen molar-refractivity contribution in [2.45, 2.75) is 45.1 Å². The molecule has 4 nitrogen and oxygen atoms in total. The van der Waals surface area contributed by atoms with Crippen molar-refractivity contribution in [2.24, 2.45) is 5.92 Å². The third kappa shape index (κ3) is 2.86. The van der Waals surface area contributed by atoms with E-state index in [9.17, 15) is 9.59 Å². The molecule has 0 aromatic heterocycles. The first-order valence-corrected chi connectivity index (χ1v) is 6.77. The molecule has 0 spiro atoms. The molecule has 1 amide bonds. The number of ketones is 1. The fourth-order valence-electron chi connectivity index (χ4n) is 2.99. The number of Topliss-reactive ketones (excluding diaryl/α,β-unsaturated/α-hetero) is 1. The summed E-state index contributed by atoms with van der Waals surface area (Å²) < 4.78 is 0. The van der Waals surface area contributed by atoms with Crippen LogP contribution in [0.1, 0.15) is 39.0 Å². The molecule has 2 rings (SSSR count). The van der Waals surface area contributed by atoms with Crippen LogP contribution in [0.15, 0.2) is 0 Å². The van der Waals surface area contributed by atoms with Gasteiger partial charge in [-0.25, -0.2) is 0 Å². The van der Waals surface area contributed by atoms with Crippen LogP contribution in [0.25, 0.3) is 0 Å². The number of nitrogens with one attached hydrogen (secondary N) is 1. The lowest BCUT2D eigenvalue weighted by atomic mass is 10.0. The molecular formula is C13H22N2O2. The fraction of sp³-hybridized carbons (Fsp3) is 0.846. The first-order valence-electron chi connectivity index (χ1n) is 6.77. The fourth-order valence-corrected chi connectivity index (χ4v) is 2.99. The zero-order valence-corrected chi connectivity index (χ0v) is 10.6. The highest BCUT2D eigenvalue weighted by Crippen LogP contribution is 2.25. The molecular weight excluding hydrogens is 216 g/mol. The van der Waals surface area contributed by atoms with Crippen molar-refractivity contribution in [3.8, 4) is 0 Å². The van der Waals surface area contributed by atoms with Gasteiger partial charge in [-0.3, -0.25) is 14.5 Å². The molecule has 0 bridgehead atoms. The third-order valence-electron chi connectivity index (χ3n) is 4.02. The Morgan fingerprint density at radius 2 is 2.24 bits per heavy atom. The highest BCUT2D eigenvalue weighted by molar-refractivity contribution is 5.83. The second-order valence-corrected chi connectivity index (χ2v) is 5.10. The van der Waals surface area contributed by atoms with Gasteiger partial charge in [0.1, 0.15) is 5.78 Å². The first kappa shape index (κ1) is 12.6. The first-order chi connectivity index (χ1) is 8.22. The Labute approximate surface area is 103 Å². The average molecular weight is 238 g/mol. The predicted molar refractivity (Wildman–Crippen MR) is 65.6 cm³/mol. The van der Waals surface area contributed by atoms with Crippen molar-refractivity contribution in [2.75, 3.05) is 19.6 Å². The van der Waals surface area contributed by atoms with Crippen molar-refractivity contribution < 1.29 is 9.59 Å². The number of nitrogens with zero attached hydrogens (tertiary/aromatic N) is 1. The zero-order chi connectivity index (χ0) is 12.3. The van der Waals surface area contributed by atoms with Gasteiger partial charge >= 0.3 is 0 Å². The lowest BCUT2D eigenvalue weighted by Crippen LogP contribution is -2.55. The summed E-state index contributed by atoms with van der Waals surface area (Å²) in [4.78, 5) is 25.5. The van der Waals surface area contributed by atoms with Crippen molar-refractivity contribution in [3.63, 3.8) is 0 Å². The van der Waals surface area contributed by atoms with E-state index in [1.807, 2.05) is 6.92 Å². The van der Waals surface area contributed by atoms with Gasteiger partial charge < -0.3 is 5.32 Å². The number of carbonyl (C=O) groups is 2. The van der Waals surface area contributed by atoms with Crippen molar-refractivity contribution in [1.82, 2.24) is 10.2 Å². The van der Waals surface area contributed by atoms with Gasteiger partial charge in [-0.05, 0) is 32.2 Å². The lowest BCUT2D eigenvalue weighted by Gasteiger charge is -2.34. The quantitative estimate of drug-likeness (QED) is 0.793. The van der Waals surface area contributed by atoms with Crippen LogP contribution >= 0.6 is 0 Å². The molecule has 1 heterocycles. The Balaban J connectivity index is 1.84. The molecule has 0 aromatic carbocycles. The normalized spacial score (nSPS) is 30.6. The maximum absolute atomic E-state index is 11.7. The SMILES string of the molecule is CCC1C(=O)NCCN1CCC1CCCC1=O. The summed E-state index contributed by atoms with van der Waals surface area (Å²) in [6, 6.07) is 0.0141. The summed E-state index contributed by atoms with van der Waals surface area (Å²) in [7, 11) is 0. The minimum absolute atomic E-state index is 0.0141. The van der Waals surface area contributed by atoms with E-state index < -0.39 is 0 Å². The smallest absolute Gasteiger partial charge is 0.237 e. The van der Waals surface area contributed by atoms with Crippen LogP contribution in [0.3, 0.4) is 0 Å². The molecule has 2 unspecified atom stereocenters. The van der Waals surface area contributed by atoms with E-state index >= 15 is 0 Å². The van der Waals surface area contributed by atoms with Gasteiger partial charge in [-0.1, -0.05) is 6.92 Å². The molecule has 17 heavy (non-hydrogen) atoms. The van der Waals surface area contributed by atoms with E-state index in [2.05, 4.69) is 10.2 Å². The molecule has 1 aliphatic heterocycles. The van der Waals surface area contributed by atoms with Crippen molar-refractivity contribution >= 4 is 11.7 Å². The number of amides is 1. The molecule has 2 aliphatic rings. The minimum atomic E-state index is 0.0141. The van der Waals surface area contributed by atoms with E-state index in [1.165, 1.54) is 0 Å². The molecule has 4 heteroatoms. The Morgan fingerprint density at radius 3 is 2.88 bits per heavy atom. The number of hydrogen-bond acceptors (Lipinski definition) is 3. The molecule has 2 atom stereocenters. The lowest BCUT2D eigenvalue weighted by molar-refractivity contribution is -0.129. The summed E-state index contributed by atoms with van der Waals surface area (Å²) >= 11 is 0. The Morgan fingerprint density at radius 1 is 1.41 bits per heavy atom. The minimum Gasteiger partial charge on any atom is -0.353 e. The largest absolute Gasteiger partial charge is 0.353 e. The van der Waals surface area contributed by atoms with E-state index in [0.29, 0.717) is 5.78 Å². The standard InChI is InChI=1S/C13H22N2O2/c1-2-11-13(17)14-7-9-15(11)8-6-10-4-3-5-12(10)16/h10-11H,2-9H2,1H3,(H,14,17). The van der Waals surface area contributed by atoms with Gasteiger partial charge in [-0.15, -0.1) is 0 Å². The summed E-state index contributed by atoms with van der Waals surface area (Å²) in [5.74, 6) is 0.841. The molecule has 0 aromatic rings. The summed E-state index contributed by atoms with van der Waals surface area (Å²) in [5, 5.41) is 2.90. The van der Waals surface area contributed by atoms with Gasteiger partial charge in [-0.2, -0.15) is 0 Å². The maximum Gasteiger partial charge on any atom is 0.237 e. The molecule has 0 radical (unpaired) electrons. The topological polar surface area (TPSA) is 49.4 Å². The average Bonchev–Trinajstić information content (AvgIpc) is 2.72. The molecule has 1 aliphatic carbocycles. The second kappa shape index (κ2) is 5.63. The van der Waals surface area contributed by atoms with Crippen LogP contribution in [0.4, 0.5) is 0 Å². The highest BCUT2D eigenvalue weighted by atomic mass is 16.2. The number of carbonyl (C=O) groups excluding carboxylic acids is 2. The third-order valence-corrected chi connectivity index (χ3v) is 4.02. The van der Waals surface area contributed by atoms with Gasteiger partial charge in [0, 0.05) is 25.4 Å². The zero-order valence-electron chi connectivity index (χ0n) is 10.6. The Hall–Kier alpha value is -0.900. The van der Waals surface area contributed by atoms with Gasteiger partial charge in [0.15, 0.2) is 0 Å². The molecule has 1 N–H and O–H groups in total. The second-order valence-electron chi connectivity index (χ2n) is 5.10. The summed E-state index contributed by atoms with van der Waals surface area (Å²) in [5.41, 5.74) is 0.